The molecule has 0 saturated carbocycles. The molecular formula is C16H17NO2S. The van der Waals surface area contributed by atoms with E-state index in [1.165, 1.54) is 20.9 Å². The number of aryl methyl sites for hydroxylation is 1. The summed E-state index contributed by atoms with van der Waals surface area (Å²) in [6, 6.07) is 6.37. The maximum absolute atomic E-state index is 5.53. The molecule has 0 N–H and O–H groups in total. The number of fused-ring (bicyclic) bond motifs is 2. The molecule has 104 valence electrons. The Hall–Kier alpha value is -1.68. The third kappa shape index (κ3) is 2.04. The summed E-state index contributed by atoms with van der Waals surface area (Å²) in [6.07, 6.45) is 0.780. The number of hydrogen-bond acceptors (Lipinski definition) is 4. The van der Waals surface area contributed by atoms with Gasteiger partial charge in [0.15, 0.2) is 5.76 Å². The number of ether oxygens (including phenoxy) is 2. The topological polar surface area (TPSA) is 30.8 Å². The number of rotatable bonds is 2. The van der Waals surface area contributed by atoms with Crippen LogP contribution in [0.5, 0.6) is 0 Å². The van der Waals surface area contributed by atoms with Gasteiger partial charge in [0, 0.05) is 16.2 Å². The van der Waals surface area contributed by atoms with E-state index in [9.17, 15) is 0 Å². The third-order valence-corrected chi connectivity index (χ3v) is 4.82. The lowest BCUT2D eigenvalue weighted by atomic mass is 10.0. The lowest BCUT2D eigenvalue weighted by Crippen LogP contribution is -2.18. The van der Waals surface area contributed by atoms with Crippen LogP contribution in [0.3, 0.4) is 0 Å². The van der Waals surface area contributed by atoms with Crippen LogP contribution in [0.15, 0.2) is 50.1 Å². The molecule has 3 nitrogen and oxygen atoms in total. The molecule has 0 atom stereocenters. The first kappa shape index (κ1) is 13.3. The second kappa shape index (κ2) is 5.02. The lowest BCUT2D eigenvalue weighted by molar-refractivity contribution is 0.229. The lowest BCUT2D eigenvalue weighted by Gasteiger charge is -2.27. The Kier molecular flexibility index (Phi) is 3.34. The Bertz CT molecular complexity index is 671. The Morgan fingerprint density at radius 3 is 2.65 bits per heavy atom. The van der Waals surface area contributed by atoms with Crippen molar-refractivity contribution in [2.24, 2.45) is 4.99 Å². The largest absolute Gasteiger partial charge is 0.497 e. The summed E-state index contributed by atoms with van der Waals surface area (Å²) >= 11 is 1.77. The van der Waals surface area contributed by atoms with Crippen molar-refractivity contribution in [2.75, 3.05) is 14.2 Å². The van der Waals surface area contributed by atoms with Gasteiger partial charge < -0.3 is 9.47 Å². The number of hydrogen-bond donors (Lipinski definition) is 0. The zero-order chi connectivity index (χ0) is 14.3. The highest BCUT2D eigenvalue weighted by molar-refractivity contribution is 8.04. The van der Waals surface area contributed by atoms with Crippen LogP contribution < -0.4 is 0 Å². The molecular weight excluding hydrogens is 270 g/mol. The molecule has 0 amide bonds. The van der Waals surface area contributed by atoms with Crippen molar-refractivity contribution in [3.63, 3.8) is 0 Å². The quantitative estimate of drug-likeness (QED) is 0.810. The maximum Gasteiger partial charge on any atom is 0.183 e. The number of benzene rings is 1. The Morgan fingerprint density at radius 2 is 1.95 bits per heavy atom. The van der Waals surface area contributed by atoms with Gasteiger partial charge in [-0.05, 0) is 37.1 Å². The van der Waals surface area contributed by atoms with E-state index in [1.54, 1.807) is 26.0 Å². The molecule has 1 aliphatic heterocycles. The van der Waals surface area contributed by atoms with Gasteiger partial charge >= 0.3 is 0 Å². The smallest absolute Gasteiger partial charge is 0.183 e. The summed E-state index contributed by atoms with van der Waals surface area (Å²) in [5.41, 5.74) is 4.39. The van der Waals surface area contributed by atoms with Crippen molar-refractivity contribution >= 4 is 23.2 Å². The van der Waals surface area contributed by atoms with Crippen LogP contribution in [0.4, 0.5) is 5.69 Å². The zero-order valence-electron chi connectivity index (χ0n) is 12.1. The molecule has 1 aromatic carbocycles. The van der Waals surface area contributed by atoms with Crippen molar-refractivity contribution < 1.29 is 9.47 Å². The van der Waals surface area contributed by atoms with Crippen molar-refractivity contribution in [2.45, 2.75) is 25.2 Å². The van der Waals surface area contributed by atoms with Gasteiger partial charge in [0.25, 0.3) is 0 Å². The molecule has 0 bridgehead atoms. The van der Waals surface area contributed by atoms with Gasteiger partial charge in [-0.3, -0.25) is 0 Å². The van der Waals surface area contributed by atoms with Crippen LogP contribution in [0.2, 0.25) is 0 Å². The molecule has 0 fully saturated rings. The number of nitrogens with zero attached hydrogens (tertiary/aromatic N) is 1. The Labute approximate surface area is 123 Å². The van der Waals surface area contributed by atoms with Crippen LogP contribution in [0.25, 0.3) is 0 Å². The summed E-state index contributed by atoms with van der Waals surface area (Å²) in [4.78, 5) is 7.20. The summed E-state index contributed by atoms with van der Waals surface area (Å²) < 4.78 is 11.0. The van der Waals surface area contributed by atoms with E-state index in [0.29, 0.717) is 0 Å². The molecule has 3 rings (SSSR count). The van der Waals surface area contributed by atoms with E-state index in [2.05, 4.69) is 32.0 Å². The summed E-state index contributed by atoms with van der Waals surface area (Å²) in [5.74, 6) is 1.61. The molecule has 1 heterocycles. The van der Waals surface area contributed by atoms with Crippen LogP contribution in [0.1, 0.15) is 18.9 Å². The number of thioether (sulfide) groups is 1. The normalized spacial score (nSPS) is 17.5. The van der Waals surface area contributed by atoms with Crippen molar-refractivity contribution in [3.05, 3.63) is 45.8 Å². The average molecular weight is 287 g/mol. The van der Waals surface area contributed by atoms with Crippen LogP contribution in [-0.4, -0.2) is 19.9 Å². The van der Waals surface area contributed by atoms with E-state index in [-0.39, 0.29) is 0 Å². The summed E-state index contributed by atoms with van der Waals surface area (Å²) in [5, 5.41) is 0. The minimum atomic E-state index is 0.757. The van der Waals surface area contributed by atoms with Crippen molar-refractivity contribution in [1.82, 2.24) is 0 Å². The SMILES string of the molecule is COC1=C(OC)C2=Nc3cc(C)ccc3SC2=C(C)C1. The molecule has 1 aliphatic carbocycles. The minimum Gasteiger partial charge on any atom is -0.497 e. The molecule has 0 radical (unpaired) electrons. The summed E-state index contributed by atoms with van der Waals surface area (Å²) in [6.45, 7) is 4.21. The molecule has 20 heavy (non-hydrogen) atoms. The van der Waals surface area contributed by atoms with Crippen LogP contribution in [0, 0.1) is 6.92 Å². The van der Waals surface area contributed by atoms with Gasteiger partial charge in [-0.1, -0.05) is 17.8 Å². The molecule has 4 heteroatoms. The second-order valence-electron chi connectivity index (χ2n) is 4.98. The van der Waals surface area contributed by atoms with E-state index in [1.807, 2.05) is 0 Å². The fourth-order valence-corrected chi connectivity index (χ4v) is 3.53. The maximum atomic E-state index is 5.53. The average Bonchev–Trinajstić information content (AvgIpc) is 2.45. The minimum absolute atomic E-state index is 0.757. The molecule has 1 aromatic rings. The predicted molar refractivity (Wildman–Crippen MR) is 82.5 cm³/mol. The number of allylic oxidation sites excluding steroid dienone is 2. The van der Waals surface area contributed by atoms with E-state index < -0.39 is 0 Å². The fourth-order valence-electron chi connectivity index (χ4n) is 2.48. The highest BCUT2D eigenvalue weighted by atomic mass is 32.2. The van der Waals surface area contributed by atoms with Crippen LogP contribution in [-0.2, 0) is 9.47 Å². The number of aliphatic imine (C=N–C) groups is 1. The van der Waals surface area contributed by atoms with Gasteiger partial charge in [0.05, 0.1) is 19.9 Å². The zero-order valence-corrected chi connectivity index (χ0v) is 12.9. The van der Waals surface area contributed by atoms with Crippen LogP contribution >= 0.6 is 11.8 Å². The van der Waals surface area contributed by atoms with E-state index in [4.69, 9.17) is 14.5 Å². The third-order valence-electron chi connectivity index (χ3n) is 3.51. The fraction of sp³-hybridized carbons (Fsp3) is 0.312. The van der Waals surface area contributed by atoms with Gasteiger partial charge in [-0.15, -0.1) is 0 Å². The molecule has 0 unspecified atom stereocenters. The highest BCUT2D eigenvalue weighted by Crippen LogP contribution is 2.46. The standard InChI is InChI=1S/C16H17NO2S/c1-9-5-6-13-11(7-9)17-14-15(19-4)12(18-3)8-10(2)16(14)20-13/h5-7H,8H2,1-4H3. The highest BCUT2D eigenvalue weighted by Gasteiger charge is 2.30. The Balaban J connectivity index is 2.19. The molecule has 0 saturated heterocycles. The molecule has 0 aromatic heterocycles. The first-order valence-corrected chi connectivity index (χ1v) is 7.34. The first-order chi connectivity index (χ1) is 9.63. The monoisotopic (exact) mass is 287 g/mol. The van der Waals surface area contributed by atoms with E-state index in [0.717, 1.165) is 29.3 Å². The van der Waals surface area contributed by atoms with Gasteiger partial charge in [0.2, 0.25) is 0 Å². The van der Waals surface area contributed by atoms with Crippen molar-refractivity contribution in [1.29, 1.82) is 0 Å². The van der Waals surface area contributed by atoms with Gasteiger partial charge in [0.1, 0.15) is 11.5 Å². The van der Waals surface area contributed by atoms with Gasteiger partial charge in [-0.25, -0.2) is 4.99 Å². The van der Waals surface area contributed by atoms with E-state index >= 15 is 0 Å². The Morgan fingerprint density at radius 1 is 1.15 bits per heavy atom. The first-order valence-electron chi connectivity index (χ1n) is 6.53. The predicted octanol–water partition coefficient (Wildman–Crippen LogP) is 4.36. The number of methoxy groups -OCH3 is 2. The molecule has 2 aliphatic rings. The van der Waals surface area contributed by atoms with Gasteiger partial charge in [-0.2, -0.15) is 0 Å². The molecule has 0 spiro atoms. The summed E-state index contributed by atoms with van der Waals surface area (Å²) in [7, 11) is 3.35. The second-order valence-corrected chi connectivity index (χ2v) is 6.03. The van der Waals surface area contributed by atoms with Crippen molar-refractivity contribution in [3.8, 4) is 0 Å².